The number of benzene rings is 1. The van der Waals surface area contributed by atoms with E-state index < -0.39 is 9.84 Å². The van der Waals surface area contributed by atoms with Gasteiger partial charge in [0, 0.05) is 6.26 Å². The lowest BCUT2D eigenvalue weighted by Crippen LogP contribution is -2.12. The predicted octanol–water partition coefficient (Wildman–Crippen LogP) is 1.37. The summed E-state index contributed by atoms with van der Waals surface area (Å²) in [4.78, 5) is 0. The van der Waals surface area contributed by atoms with Gasteiger partial charge in [0.15, 0.2) is 21.3 Å². The maximum absolute atomic E-state index is 11.0. The number of rotatable bonds is 6. The van der Waals surface area contributed by atoms with Crippen molar-refractivity contribution in [3.8, 4) is 11.5 Å². The molecule has 1 rings (SSSR count). The van der Waals surface area contributed by atoms with Gasteiger partial charge in [-0.1, -0.05) is 0 Å². The molecule has 0 atom stereocenters. The minimum atomic E-state index is -3.06. The average Bonchev–Trinajstić information content (AvgIpc) is 2.29. The number of halogens is 1. The third-order valence-corrected chi connectivity index (χ3v) is 3.67. The molecule has 102 valence electrons. The van der Waals surface area contributed by atoms with Crippen molar-refractivity contribution in [1.29, 1.82) is 0 Å². The number of aliphatic hydroxyl groups excluding tert-OH is 1. The summed E-state index contributed by atoms with van der Waals surface area (Å²) in [7, 11) is -1.58. The van der Waals surface area contributed by atoms with Crippen LogP contribution >= 0.6 is 15.9 Å². The molecule has 1 N–H and O–H groups in total. The predicted molar refractivity (Wildman–Crippen MR) is 71.8 cm³/mol. The molecule has 0 saturated heterocycles. The number of hydrogen-bond acceptors (Lipinski definition) is 5. The smallest absolute Gasteiger partial charge is 0.175 e. The number of ether oxygens (including phenoxy) is 2. The summed E-state index contributed by atoms with van der Waals surface area (Å²) in [6.07, 6.45) is 1.15. The van der Waals surface area contributed by atoms with Crippen LogP contribution in [0.25, 0.3) is 0 Å². The van der Waals surface area contributed by atoms with Crippen molar-refractivity contribution < 1.29 is 23.0 Å². The summed E-state index contributed by atoms with van der Waals surface area (Å²) >= 11 is 3.29. The second-order valence-corrected chi connectivity index (χ2v) is 6.86. The lowest BCUT2D eigenvalue weighted by molar-refractivity contribution is 0.278. The SMILES string of the molecule is COc1cc(CO)cc(Br)c1OCCS(C)(=O)=O. The zero-order valence-electron chi connectivity index (χ0n) is 10.1. The summed E-state index contributed by atoms with van der Waals surface area (Å²) in [6, 6.07) is 3.33. The lowest BCUT2D eigenvalue weighted by atomic mass is 10.2. The molecule has 1 aromatic carbocycles. The van der Waals surface area contributed by atoms with Gasteiger partial charge < -0.3 is 14.6 Å². The zero-order valence-corrected chi connectivity index (χ0v) is 12.5. The van der Waals surface area contributed by atoms with Gasteiger partial charge in [-0.15, -0.1) is 0 Å². The van der Waals surface area contributed by atoms with Gasteiger partial charge in [0.2, 0.25) is 0 Å². The number of hydrogen-bond donors (Lipinski definition) is 1. The molecular weight excluding hydrogens is 324 g/mol. The first-order chi connectivity index (χ1) is 8.37. The molecule has 0 radical (unpaired) electrons. The van der Waals surface area contributed by atoms with Gasteiger partial charge in [-0.05, 0) is 33.6 Å². The quantitative estimate of drug-likeness (QED) is 0.848. The van der Waals surface area contributed by atoms with Crippen LogP contribution in [0.5, 0.6) is 11.5 Å². The van der Waals surface area contributed by atoms with Crippen molar-refractivity contribution in [1.82, 2.24) is 0 Å². The van der Waals surface area contributed by atoms with Crippen LogP contribution in [-0.4, -0.2) is 39.2 Å². The zero-order chi connectivity index (χ0) is 13.8. The molecule has 1 aromatic rings. The summed E-state index contributed by atoms with van der Waals surface area (Å²) < 4.78 is 33.2. The second kappa shape index (κ2) is 6.40. The molecule has 18 heavy (non-hydrogen) atoms. The van der Waals surface area contributed by atoms with Gasteiger partial charge in [-0.3, -0.25) is 0 Å². The number of aliphatic hydroxyl groups is 1. The van der Waals surface area contributed by atoms with Crippen LogP contribution in [0.2, 0.25) is 0 Å². The normalized spacial score (nSPS) is 11.3. The van der Waals surface area contributed by atoms with Gasteiger partial charge in [0.05, 0.1) is 23.9 Å². The van der Waals surface area contributed by atoms with Crippen LogP contribution in [0, 0.1) is 0 Å². The molecular formula is C11H15BrO5S. The summed E-state index contributed by atoms with van der Waals surface area (Å²) in [6.45, 7) is -0.0646. The van der Waals surface area contributed by atoms with E-state index >= 15 is 0 Å². The molecule has 0 aliphatic rings. The van der Waals surface area contributed by atoms with E-state index in [0.717, 1.165) is 6.26 Å². The fourth-order valence-electron chi connectivity index (χ4n) is 1.30. The van der Waals surface area contributed by atoms with Gasteiger partial charge in [0.25, 0.3) is 0 Å². The van der Waals surface area contributed by atoms with Gasteiger partial charge >= 0.3 is 0 Å². The van der Waals surface area contributed by atoms with Crippen molar-refractivity contribution in [2.24, 2.45) is 0 Å². The maximum Gasteiger partial charge on any atom is 0.175 e. The Bertz CT molecular complexity index is 512. The molecule has 0 bridgehead atoms. The van der Waals surface area contributed by atoms with E-state index in [1.807, 2.05) is 0 Å². The van der Waals surface area contributed by atoms with Gasteiger partial charge in [0.1, 0.15) is 6.61 Å². The van der Waals surface area contributed by atoms with Crippen LogP contribution in [0.3, 0.4) is 0 Å². The molecule has 0 amide bonds. The lowest BCUT2D eigenvalue weighted by Gasteiger charge is -2.13. The third-order valence-electron chi connectivity index (χ3n) is 2.17. The molecule has 0 unspecified atom stereocenters. The molecule has 0 heterocycles. The molecule has 7 heteroatoms. The van der Waals surface area contributed by atoms with E-state index in [1.165, 1.54) is 7.11 Å². The highest BCUT2D eigenvalue weighted by molar-refractivity contribution is 9.10. The summed E-state index contributed by atoms with van der Waals surface area (Å²) in [5.74, 6) is 0.810. The van der Waals surface area contributed by atoms with Crippen LogP contribution < -0.4 is 9.47 Å². The van der Waals surface area contributed by atoms with E-state index in [2.05, 4.69) is 15.9 Å². The molecule has 5 nitrogen and oxygen atoms in total. The Morgan fingerprint density at radius 1 is 1.39 bits per heavy atom. The Kier molecular flexibility index (Phi) is 5.43. The number of sulfone groups is 1. The Morgan fingerprint density at radius 2 is 2.06 bits per heavy atom. The Hall–Kier alpha value is -0.790. The minimum absolute atomic E-state index is 0.0479. The Labute approximate surface area is 115 Å². The van der Waals surface area contributed by atoms with E-state index in [-0.39, 0.29) is 19.0 Å². The van der Waals surface area contributed by atoms with E-state index in [9.17, 15) is 8.42 Å². The fourth-order valence-corrected chi connectivity index (χ4v) is 2.29. The van der Waals surface area contributed by atoms with Crippen molar-refractivity contribution in [2.75, 3.05) is 25.7 Å². The van der Waals surface area contributed by atoms with Crippen LogP contribution in [0.1, 0.15) is 5.56 Å². The molecule has 0 fully saturated rings. The highest BCUT2D eigenvalue weighted by atomic mass is 79.9. The first-order valence-corrected chi connectivity index (χ1v) is 8.00. The monoisotopic (exact) mass is 338 g/mol. The van der Waals surface area contributed by atoms with Crippen molar-refractivity contribution in [2.45, 2.75) is 6.61 Å². The van der Waals surface area contributed by atoms with Crippen LogP contribution in [-0.2, 0) is 16.4 Å². The minimum Gasteiger partial charge on any atom is -0.493 e. The number of methoxy groups -OCH3 is 1. The average molecular weight is 339 g/mol. The fraction of sp³-hybridized carbons (Fsp3) is 0.455. The van der Waals surface area contributed by atoms with E-state index in [4.69, 9.17) is 14.6 Å². The molecule has 0 saturated carbocycles. The van der Waals surface area contributed by atoms with Crippen LogP contribution in [0.4, 0.5) is 0 Å². The Morgan fingerprint density at radius 3 is 2.56 bits per heavy atom. The van der Waals surface area contributed by atoms with E-state index in [0.29, 0.717) is 21.5 Å². The van der Waals surface area contributed by atoms with E-state index in [1.54, 1.807) is 12.1 Å². The molecule has 0 aliphatic carbocycles. The highest BCUT2D eigenvalue weighted by Gasteiger charge is 2.12. The van der Waals surface area contributed by atoms with Crippen LogP contribution in [0.15, 0.2) is 16.6 Å². The van der Waals surface area contributed by atoms with Crippen molar-refractivity contribution >= 4 is 25.8 Å². The first kappa shape index (κ1) is 15.3. The second-order valence-electron chi connectivity index (χ2n) is 3.75. The van der Waals surface area contributed by atoms with Crippen molar-refractivity contribution in [3.05, 3.63) is 22.2 Å². The molecule has 0 aromatic heterocycles. The topological polar surface area (TPSA) is 72.8 Å². The largest absolute Gasteiger partial charge is 0.493 e. The standard InChI is InChI=1S/C11H15BrO5S/c1-16-10-6-8(7-13)5-9(12)11(10)17-3-4-18(2,14)15/h5-6,13H,3-4,7H2,1-2H3. The Balaban J connectivity index is 2.87. The highest BCUT2D eigenvalue weighted by Crippen LogP contribution is 2.36. The summed E-state index contributed by atoms with van der Waals surface area (Å²) in [5.41, 5.74) is 0.675. The first-order valence-electron chi connectivity index (χ1n) is 5.15. The maximum atomic E-state index is 11.0. The summed E-state index contributed by atoms with van der Waals surface area (Å²) in [5, 5.41) is 9.06. The van der Waals surface area contributed by atoms with Crippen molar-refractivity contribution in [3.63, 3.8) is 0 Å². The molecule has 0 aliphatic heterocycles. The molecule has 0 spiro atoms. The van der Waals surface area contributed by atoms with Gasteiger partial charge in [-0.2, -0.15) is 0 Å². The van der Waals surface area contributed by atoms with Gasteiger partial charge in [-0.25, -0.2) is 8.42 Å². The third kappa shape index (κ3) is 4.47.